The molecular weight excluding hydrogens is 220 g/mol. The molecule has 0 saturated carbocycles. The summed E-state index contributed by atoms with van der Waals surface area (Å²) in [5.74, 6) is 0. The molecule has 0 spiro atoms. The number of nitrogens with zero attached hydrogens (tertiary/aromatic N) is 2. The van der Waals surface area contributed by atoms with E-state index in [2.05, 4.69) is 29.1 Å². The monoisotopic (exact) mass is 236 g/mol. The van der Waals surface area contributed by atoms with Crippen LogP contribution in [0.5, 0.6) is 0 Å². The van der Waals surface area contributed by atoms with E-state index >= 15 is 0 Å². The highest BCUT2D eigenvalue weighted by atomic mass is 79.9. The fourth-order valence-corrected chi connectivity index (χ4v) is 1.08. The summed E-state index contributed by atoms with van der Waals surface area (Å²) in [6, 6.07) is 0. The van der Waals surface area contributed by atoms with Crippen LogP contribution >= 0.6 is 17.0 Å². The molecule has 3 nitrogen and oxygen atoms in total. The van der Waals surface area contributed by atoms with Crippen molar-refractivity contribution in [1.82, 2.24) is 9.80 Å². The molecule has 0 aromatic rings. The van der Waals surface area contributed by atoms with Crippen LogP contribution in [0, 0.1) is 0 Å². The molecule has 0 N–H and O–H groups in total. The minimum Gasteiger partial charge on any atom is -0.383 e. The predicted molar refractivity (Wildman–Crippen MR) is 55.3 cm³/mol. The third-order valence-corrected chi connectivity index (χ3v) is 1.84. The van der Waals surface area contributed by atoms with Gasteiger partial charge in [-0.15, -0.1) is 17.0 Å². The number of methoxy groups -OCH3 is 1. The Kier molecular flexibility index (Phi) is 6.20. The van der Waals surface area contributed by atoms with Crippen molar-refractivity contribution in [2.75, 3.05) is 33.5 Å². The van der Waals surface area contributed by atoms with Crippen molar-refractivity contribution in [1.29, 1.82) is 0 Å². The molecule has 0 saturated heterocycles. The van der Waals surface area contributed by atoms with E-state index in [1.807, 2.05) is 0 Å². The standard InChI is InChI=1S/C8H16N2O.BrH/c1-3-9-4-5-10(8-9)6-7-11-2;/h4-5H,3,6-8H2,1-2H3;1H. The van der Waals surface area contributed by atoms with Crippen LogP contribution in [-0.4, -0.2) is 43.3 Å². The maximum Gasteiger partial charge on any atom is 0.0894 e. The molecule has 12 heavy (non-hydrogen) atoms. The van der Waals surface area contributed by atoms with Crippen molar-refractivity contribution in [2.24, 2.45) is 0 Å². The first-order valence-corrected chi connectivity index (χ1v) is 4.02. The molecule has 1 heterocycles. The lowest BCUT2D eigenvalue weighted by molar-refractivity contribution is 0.158. The second kappa shape index (κ2) is 6.31. The highest BCUT2D eigenvalue weighted by Gasteiger charge is 2.08. The van der Waals surface area contributed by atoms with Crippen LogP contribution < -0.4 is 0 Å². The molecule has 0 aromatic carbocycles. The maximum atomic E-state index is 4.98. The van der Waals surface area contributed by atoms with Crippen LogP contribution in [0.15, 0.2) is 12.4 Å². The molecule has 0 aromatic heterocycles. The number of ether oxygens (including phenoxy) is 1. The maximum absolute atomic E-state index is 4.98. The molecule has 0 amide bonds. The molecule has 0 unspecified atom stereocenters. The van der Waals surface area contributed by atoms with Gasteiger partial charge in [0.1, 0.15) is 0 Å². The van der Waals surface area contributed by atoms with E-state index in [1.165, 1.54) is 0 Å². The fraction of sp³-hybridized carbons (Fsp3) is 0.750. The molecule has 4 heteroatoms. The van der Waals surface area contributed by atoms with Gasteiger partial charge in [0.25, 0.3) is 0 Å². The van der Waals surface area contributed by atoms with Crippen molar-refractivity contribution >= 4 is 17.0 Å². The number of rotatable bonds is 4. The van der Waals surface area contributed by atoms with Gasteiger partial charge in [-0.3, -0.25) is 0 Å². The Morgan fingerprint density at radius 1 is 1.33 bits per heavy atom. The summed E-state index contributed by atoms with van der Waals surface area (Å²) >= 11 is 0. The lowest BCUT2D eigenvalue weighted by Crippen LogP contribution is -2.27. The van der Waals surface area contributed by atoms with Gasteiger partial charge in [-0.1, -0.05) is 0 Å². The summed E-state index contributed by atoms with van der Waals surface area (Å²) in [5, 5.41) is 0. The lowest BCUT2D eigenvalue weighted by Gasteiger charge is -2.19. The molecule has 0 radical (unpaired) electrons. The molecule has 0 atom stereocenters. The summed E-state index contributed by atoms with van der Waals surface area (Å²) in [5.41, 5.74) is 0. The third kappa shape index (κ3) is 3.45. The van der Waals surface area contributed by atoms with Crippen LogP contribution in [0.2, 0.25) is 0 Å². The largest absolute Gasteiger partial charge is 0.383 e. The van der Waals surface area contributed by atoms with Gasteiger partial charge in [0.2, 0.25) is 0 Å². The van der Waals surface area contributed by atoms with Crippen LogP contribution in [-0.2, 0) is 4.74 Å². The van der Waals surface area contributed by atoms with E-state index in [0.29, 0.717) is 0 Å². The van der Waals surface area contributed by atoms with Gasteiger partial charge < -0.3 is 14.5 Å². The molecule has 0 aliphatic carbocycles. The van der Waals surface area contributed by atoms with Gasteiger partial charge in [0.15, 0.2) is 0 Å². The van der Waals surface area contributed by atoms with E-state index in [1.54, 1.807) is 7.11 Å². The highest BCUT2D eigenvalue weighted by molar-refractivity contribution is 8.93. The molecule has 1 rings (SSSR count). The summed E-state index contributed by atoms with van der Waals surface area (Å²) in [4.78, 5) is 4.50. The predicted octanol–water partition coefficient (Wildman–Crippen LogP) is 1.28. The van der Waals surface area contributed by atoms with Gasteiger partial charge in [0, 0.05) is 32.6 Å². The van der Waals surface area contributed by atoms with Gasteiger partial charge in [-0.25, -0.2) is 0 Å². The minimum atomic E-state index is 0. The van der Waals surface area contributed by atoms with Gasteiger partial charge in [0.05, 0.1) is 13.3 Å². The average molecular weight is 237 g/mol. The average Bonchev–Trinajstić information content (AvgIpc) is 2.48. The second-order valence-electron chi connectivity index (χ2n) is 2.65. The molecular formula is C8H17BrN2O. The van der Waals surface area contributed by atoms with E-state index in [9.17, 15) is 0 Å². The summed E-state index contributed by atoms with van der Waals surface area (Å²) < 4.78 is 4.98. The Labute approximate surface area is 84.7 Å². The fourth-order valence-electron chi connectivity index (χ4n) is 1.08. The molecule has 1 aliphatic rings. The molecule has 1 aliphatic heterocycles. The first-order chi connectivity index (χ1) is 5.36. The van der Waals surface area contributed by atoms with Crippen LogP contribution in [0.1, 0.15) is 6.92 Å². The lowest BCUT2D eigenvalue weighted by atomic mass is 10.6. The second-order valence-corrected chi connectivity index (χ2v) is 2.65. The molecule has 0 fully saturated rings. The number of hydrogen-bond acceptors (Lipinski definition) is 3. The topological polar surface area (TPSA) is 15.7 Å². The highest BCUT2D eigenvalue weighted by Crippen LogP contribution is 2.04. The SMILES string of the molecule is Br.CCN1C=CN(CCOC)C1. The Balaban J connectivity index is 0.00000121. The Morgan fingerprint density at radius 3 is 2.50 bits per heavy atom. The first-order valence-electron chi connectivity index (χ1n) is 4.02. The summed E-state index contributed by atoms with van der Waals surface area (Å²) in [6.07, 6.45) is 4.23. The van der Waals surface area contributed by atoms with Crippen LogP contribution in [0.3, 0.4) is 0 Å². The van der Waals surface area contributed by atoms with Gasteiger partial charge in [-0.05, 0) is 6.92 Å². The van der Waals surface area contributed by atoms with Crippen molar-refractivity contribution in [2.45, 2.75) is 6.92 Å². The first kappa shape index (κ1) is 11.8. The van der Waals surface area contributed by atoms with Crippen LogP contribution in [0.4, 0.5) is 0 Å². The van der Waals surface area contributed by atoms with Crippen molar-refractivity contribution in [3.63, 3.8) is 0 Å². The Bertz CT molecular complexity index is 141. The van der Waals surface area contributed by atoms with E-state index in [4.69, 9.17) is 4.74 Å². The summed E-state index contributed by atoms with van der Waals surface area (Å²) in [6.45, 7) is 6.05. The number of hydrogen-bond donors (Lipinski definition) is 0. The number of halogens is 1. The normalized spacial score (nSPS) is 15.2. The molecule has 0 bridgehead atoms. The van der Waals surface area contributed by atoms with Crippen molar-refractivity contribution in [3.8, 4) is 0 Å². The minimum absolute atomic E-state index is 0. The van der Waals surface area contributed by atoms with Crippen molar-refractivity contribution < 1.29 is 4.74 Å². The smallest absolute Gasteiger partial charge is 0.0894 e. The zero-order valence-corrected chi connectivity index (χ0v) is 9.41. The van der Waals surface area contributed by atoms with E-state index in [0.717, 1.165) is 26.4 Å². The zero-order valence-electron chi connectivity index (χ0n) is 7.69. The van der Waals surface area contributed by atoms with E-state index < -0.39 is 0 Å². The van der Waals surface area contributed by atoms with Gasteiger partial charge >= 0.3 is 0 Å². The Hall–Kier alpha value is -0.220. The Morgan fingerprint density at radius 2 is 2.00 bits per heavy atom. The quantitative estimate of drug-likeness (QED) is 0.732. The third-order valence-electron chi connectivity index (χ3n) is 1.84. The van der Waals surface area contributed by atoms with Crippen molar-refractivity contribution in [3.05, 3.63) is 12.4 Å². The molecule has 72 valence electrons. The van der Waals surface area contributed by atoms with E-state index in [-0.39, 0.29) is 17.0 Å². The summed E-state index contributed by atoms with van der Waals surface area (Å²) in [7, 11) is 1.73. The van der Waals surface area contributed by atoms with Crippen LogP contribution in [0.25, 0.3) is 0 Å². The zero-order chi connectivity index (χ0) is 8.10. The van der Waals surface area contributed by atoms with Gasteiger partial charge in [-0.2, -0.15) is 0 Å².